The van der Waals surface area contributed by atoms with Crippen molar-refractivity contribution in [1.29, 1.82) is 0 Å². The van der Waals surface area contributed by atoms with Crippen LogP contribution in [-0.4, -0.2) is 19.2 Å². The lowest BCUT2D eigenvalue weighted by atomic mass is 9.97. The summed E-state index contributed by atoms with van der Waals surface area (Å²) in [5.41, 5.74) is 0. The second kappa shape index (κ2) is 5.51. The number of hydrogen-bond donors (Lipinski definition) is 1. The van der Waals surface area contributed by atoms with E-state index in [9.17, 15) is 0 Å². The first-order valence-electron chi connectivity index (χ1n) is 7.87. The van der Waals surface area contributed by atoms with Crippen LogP contribution in [0.15, 0.2) is 36.4 Å². The number of hydrogen-bond acceptors (Lipinski definition) is 2. The molecule has 1 heterocycles. The molecule has 110 valence electrons. The van der Waals surface area contributed by atoms with Gasteiger partial charge in [0.2, 0.25) is 0 Å². The van der Waals surface area contributed by atoms with E-state index in [0.717, 1.165) is 40.6 Å². The van der Waals surface area contributed by atoms with Crippen LogP contribution in [0.2, 0.25) is 5.02 Å². The molecule has 2 atom stereocenters. The van der Waals surface area contributed by atoms with Crippen molar-refractivity contribution in [2.75, 3.05) is 13.1 Å². The van der Waals surface area contributed by atoms with Crippen molar-refractivity contribution in [3.05, 3.63) is 41.4 Å². The van der Waals surface area contributed by atoms with Gasteiger partial charge in [0.1, 0.15) is 11.9 Å². The summed E-state index contributed by atoms with van der Waals surface area (Å²) < 4.78 is 6.49. The maximum atomic E-state index is 6.49. The summed E-state index contributed by atoms with van der Waals surface area (Å²) >= 11 is 6.30. The Morgan fingerprint density at radius 2 is 1.81 bits per heavy atom. The highest BCUT2D eigenvalue weighted by atomic mass is 35.5. The van der Waals surface area contributed by atoms with E-state index in [4.69, 9.17) is 16.3 Å². The molecule has 1 N–H and O–H groups in total. The van der Waals surface area contributed by atoms with E-state index in [1.54, 1.807) is 0 Å². The monoisotopic (exact) mass is 301 g/mol. The number of nitrogens with one attached hydrogen (secondary N) is 1. The fraction of sp³-hybridized carbons (Fsp3) is 0.444. The van der Waals surface area contributed by atoms with Crippen LogP contribution in [0.25, 0.3) is 10.8 Å². The molecule has 3 heteroatoms. The molecule has 1 saturated heterocycles. The summed E-state index contributed by atoms with van der Waals surface area (Å²) in [5, 5.41) is 6.47. The van der Waals surface area contributed by atoms with Gasteiger partial charge >= 0.3 is 0 Å². The number of halogens is 1. The minimum Gasteiger partial charge on any atom is -0.489 e. The Kier molecular flexibility index (Phi) is 3.52. The molecule has 0 spiro atoms. The zero-order chi connectivity index (χ0) is 14.2. The molecule has 2 aliphatic rings. The zero-order valence-electron chi connectivity index (χ0n) is 12.0. The molecule has 0 aromatic heterocycles. The third kappa shape index (κ3) is 2.63. The highest BCUT2D eigenvalue weighted by Gasteiger charge is 2.39. The van der Waals surface area contributed by atoms with Crippen LogP contribution in [0.5, 0.6) is 5.75 Å². The van der Waals surface area contributed by atoms with Gasteiger partial charge in [0.05, 0.1) is 0 Å². The lowest BCUT2D eigenvalue weighted by Crippen LogP contribution is -2.30. The molecule has 2 aromatic carbocycles. The van der Waals surface area contributed by atoms with E-state index in [1.165, 1.54) is 19.3 Å². The third-order valence-electron chi connectivity index (χ3n) is 4.74. The van der Waals surface area contributed by atoms with Gasteiger partial charge in [-0.3, -0.25) is 0 Å². The molecule has 0 radical (unpaired) electrons. The van der Waals surface area contributed by atoms with Gasteiger partial charge in [0.25, 0.3) is 0 Å². The average molecular weight is 302 g/mol. The van der Waals surface area contributed by atoms with Gasteiger partial charge in [-0.25, -0.2) is 0 Å². The maximum Gasteiger partial charge on any atom is 0.127 e. The first kappa shape index (κ1) is 13.4. The van der Waals surface area contributed by atoms with Gasteiger partial charge in [-0.2, -0.15) is 0 Å². The van der Waals surface area contributed by atoms with Gasteiger partial charge in [-0.05, 0) is 43.9 Å². The summed E-state index contributed by atoms with van der Waals surface area (Å²) in [4.78, 5) is 0. The molecule has 2 aromatic rings. The Morgan fingerprint density at radius 3 is 2.52 bits per heavy atom. The molecular formula is C18H20ClNO. The van der Waals surface area contributed by atoms with Crippen LogP contribution in [0, 0.1) is 11.8 Å². The van der Waals surface area contributed by atoms with Gasteiger partial charge in [-0.1, -0.05) is 35.9 Å². The van der Waals surface area contributed by atoms with Crippen LogP contribution in [0.4, 0.5) is 0 Å². The predicted molar refractivity (Wildman–Crippen MR) is 87.1 cm³/mol. The van der Waals surface area contributed by atoms with Crippen molar-refractivity contribution >= 4 is 22.4 Å². The van der Waals surface area contributed by atoms with Gasteiger partial charge < -0.3 is 10.1 Å². The van der Waals surface area contributed by atoms with Crippen molar-refractivity contribution in [2.24, 2.45) is 11.8 Å². The number of fused-ring (bicyclic) bond motifs is 1. The van der Waals surface area contributed by atoms with E-state index >= 15 is 0 Å². The molecule has 21 heavy (non-hydrogen) atoms. The quantitative estimate of drug-likeness (QED) is 0.911. The molecule has 1 unspecified atom stereocenters. The number of ether oxygens (including phenoxy) is 1. The first-order chi connectivity index (χ1) is 10.3. The van der Waals surface area contributed by atoms with E-state index in [2.05, 4.69) is 23.5 Å². The number of benzene rings is 2. The van der Waals surface area contributed by atoms with Crippen molar-refractivity contribution in [2.45, 2.75) is 25.4 Å². The Morgan fingerprint density at radius 1 is 1.00 bits per heavy atom. The molecular weight excluding hydrogens is 282 g/mol. The smallest absolute Gasteiger partial charge is 0.127 e. The fourth-order valence-electron chi connectivity index (χ4n) is 3.44. The molecule has 0 bridgehead atoms. The Labute approximate surface area is 130 Å². The molecule has 1 aliphatic heterocycles. The molecule has 2 fully saturated rings. The lowest BCUT2D eigenvalue weighted by Gasteiger charge is -2.25. The van der Waals surface area contributed by atoms with Crippen LogP contribution in [0.1, 0.15) is 19.3 Å². The highest BCUT2D eigenvalue weighted by Crippen LogP contribution is 2.41. The van der Waals surface area contributed by atoms with Crippen molar-refractivity contribution in [1.82, 2.24) is 5.32 Å². The van der Waals surface area contributed by atoms with Crippen LogP contribution in [0.3, 0.4) is 0 Å². The van der Waals surface area contributed by atoms with Crippen molar-refractivity contribution in [3.63, 3.8) is 0 Å². The minimum absolute atomic E-state index is 0.351. The maximum absolute atomic E-state index is 6.49. The summed E-state index contributed by atoms with van der Waals surface area (Å²) in [6.45, 7) is 2.21. The molecule has 1 aliphatic carbocycles. The lowest BCUT2D eigenvalue weighted by molar-refractivity contribution is 0.123. The Balaban J connectivity index is 1.67. The second-order valence-electron chi connectivity index (χ2n) is 6.26. The predicted octanol–water partition coefficient (Wildman–Crippen LogP) is 4.26. The molecule has 4 rings (SSSR count). The summed E-state index contributed by atoms with van der Waals surface area (Å²) in [6.07, 6.45) is 4.20. The summed E-state index contributed by atoms with van der Waals surface area (Å²) in [5.74, 6) is 2.37. The van der Waals surface area contributed by atoms with Gasteiger partial charge in [0.15, 0.2) is 0 Å². The van der Waals surface area contributed by atoms with E-state index in [-0.39, 0.29) is 0 Å². The molecule has 2 nitrogen and oxygen atoms in total. The summed E-state index contributed by atoms with van der Waals surface area (Å²) in [7, 11) is 0. The van der Waals surface area contributed by atoms with Gasteiger partial charge in [-0.15, -0.1) is 0 Å². The Hall–Kier alpha value is -1.25. The largest absolute Gasteiger partial charge is 0.489 e. The average Bonchev–Trinajstić information content (AvgIpc) is 3.21. The molecule has 0 amide bonds. The van der Waals surface area contributed by atoms with Crippen LogP contribution >= 0.6 is 11.6 Å². The minimum atomic E-state index is 0.351. The van der Waals surface area contributed by atoms with E-state index in [1.807, 2.05) is 18.2 Å². The van der Waals surface area contributed by atoms with E-state index < -0.39 is 0 Å². The standard InChI is InChI=1S/C18H20ClNO/c19-16-7-8-17(15-4-2-1-3-14(15)16)21-18(12-5-6-12)13-9-10-20-11-13/h1-4,7-8,12-13,18,20H,5-6,9-11H2/t13-,18?/m0/s1. The summed E-state index contributed by atoms with van der Waals surface area (Å²) in [6, 6.07) is 12.2. The topological polar surface area (TPSA) is 21.3 Å². The molecule has 1 saturated carbocycles. The van der Waals surface area contributed by atoms with Crippen LogP contribution < -0.4 is 10.1 Å². The first-order valence-corrected chi connectivity index (χ1v) is 8.25. The van der Waals surface area contributed by atoms with Crippen molar-refractivity contribution in [3.8, 4) is 5.75 Å². The third-order valence-corrected chi connectivity index (χ3v) is 5.07. The number of rotatable bonds is 4. The highest BCUT2D eigenvalue weighted by molar-refractivity contribution is 6.35. The normalized spacial score (nSPS) is 23.4. The van der Waals surface area contributed by atoms with E-state index in [0.29, 0.717) is 12.0 Å². The van der Waals surface area contributed by atoms with Gasteiger partial charge in [0, 0.05) is 28.3 Å². The van der Waals surface area contributed by atoms with Crippen molar-refractivity contribution < 1.29 is 4.74 Å². The van der Waals surface area contributed by atoms with Crippen LogP contribution in [-0.2, 0) is 0 Å². The Bertz CT molecular complexity index is 647. The SMILES string of the molecule is Clc1ccc(OC(C2CC2)[C@H]2CCNC2)c2ccccc12. The zero-order valence-corrected chi connectivity index (χ0v) is 12.8. The second-order valence-corrected chi connectivity index (χ2v) is 6.67. The fourth-order valence-corrected chi connectivity index (χ4v) is 3.67.